The first-order valence-corrected chi connectivity index (χ1v) is 5.11. The van der Waals surface area contributed by atoms with Crippen molar-refractivity contribution in [2.24, 2.45) is 5.92 Å². The lowest BCUT2D eigenvalue weighted by atomic mass is 10.1. The average Bonchev–Trinajstić information content (AvgIpc) is 2.17. The van der Waals surface area contributed by atoms with Crippen molar-refractivity contribution >= 4 is 24.0 Å². The van der Waals surface area contributed by atoms with Gasteiger partial charge in [0.05, 0.1) is 0 Å². The predicted octanol–water partition coefficient (Wildman–Crippen LogP) is 2.42. The number of nitrogens with zero attached hydrogens (tertiary/aromatic N) is 1. The van der Waals surface area contributed by atoms with Crippen LogP contribution in [0.1, 0.15) is 24.2 Å². The molecule has 2 N–H and O–H groups in total. The number of hydrogen-bond donors (Lipinski definition) is 1. The van der Waals surface area contributed by atoms with Crippen LogP contribution in [0.15, 0.2) is 24.3 Å². The van der Waals surface area contributed by atoms with Crippen LogP contribution in [0.5, 0.6) is 0 Å². The summed E-state index contributed by atoms with van der Waals surface area (Å²) in [4.78, 5) is 13.6. The van der Waals surface area contributed by atoms with Crippen molar-refractivity contribution in [1.29, 1.82) is 0 Å². The van der Waals surface area contributed by atoms with Gasteiger partial charge in [-0.3, -0.25) is 4.79 Å². The summed E-state index contributed by atoms with van der Waals surface area (Å²) < 4.78 is 0. The van der Waals surface area contributed by atoms with Crippen molar-refractivity contribution in [3.8, 4) is 0 Å². The topological polar surface area (TPSA) is 46.3 Å². The summed E-state index contributed by atoms with van der Waals surface area (Å²) in [6.45, 7) is 4.95. The van der Waals surface area contributed by atoms with Crippen LogP contribution in [0.4, 0.5) is 5.69 Å². The van der Waals surface area contributed by atoms with Crippen molar-refractivity contribution in [3.05, 3.63) is 29.8 Å². The molecule has 4 heteroatoms. The molecule has 0 aliphatic rings. The van der Waals surface area contributed by atoms with E-state index in [-0.39, 0.29) is 18.3 Å². The molecule has 0 aliphatic heterocycles. The normalized spacial score (nSPS) is 9.75. The lowest BCUT2D eigenvalue weighted by molar-refractivity contribution is 0.0779. The molecular formula is C12H19ClN2O. The van der Waals surface area contributed by atoms with Gasteiger partial charge in [-0.05, 0) is 30.2 Å². The fourth-order valence-electron chi connectivity index (χ4n) is 1.48. The first-order valence-electron chi connectivity index (χ1n) is 5.11. The smallest absolute Gasteiger partial charge is 0.253 e. The van der Waals surface area contributed by atoms with Crippen LogP contribution in [-0.4, -0.2) is 24.4 Å². The van der Waals surface area contributed by atoms with Crippen molar-refractivity contribution in [2.75, 3.05) is 19.3 Å². The number of hydrogen-bond acceptors (Lipinski definition) is 2. The fraction of sp³-hybridized carbons (Fsp3) is 0.417. The highest BCUT2D eigenvalue weighted by atomic mass is 35.5. The monoisotopic (exact) mass is 242 g/mol. The zero-order valence-corrected chi connectivity index (χ0v) is 10.8. The van der Waals surface area contributed by atoms with Crippen molar-refractivity contribution in [3.63, 3.8) is 0 Å². The lowest BCUT2D eigenvalue weighted by Gasteiger charge is -2.19. The Labute approximate surface area is 103 Å². The second-order valence-electron chi connectivity index (χ2n) is 4.20. The summed E-state index contributed by atoms with van der Waals surface area (Å²) in [5.74, 6) is 0.524. The van der Waals surface area contributed by atoms with E-state index >= 15 is 0 Å². The molecule has 0 saturated heterocycles. The van der Waals surface area contributed by atoms with Gasteiger partial charge in [0.25, 0.3) is 5.91 Å². The Morgan fingerprint density at radius 1 is 1.31 bits per heavy atom. The maximum absolute atomic E-state index is 11.9. The predicted molar refractivity (Wildman–Crippen MR) is 69.9 cm³/mol. The van der Waals surface area contributed by atoms with Gasteiger partial charge < -0.3 is 10.6 Å². The van der Waals surface area contributed by atoms with Crippen LogP contribution in [0.3, 0.4) is 0 Å². The van der Waals surface area contributed by atoms with Crippen molar-refractivity contribution < 1.29 is 4.79 Å². The molecule has 0 fully saturated rings. The van der Waals surface area contributed by atoms with Gasteiger partial charge in [0.1, 0.15) is 0 Å². The summed E-state index contributed by atoms with van der Waals surface area (Å²) in [7, 11) is 1.82. The molecule has 0 atom stereocenters. The maximum Gasteiger partial charge on any atom is 0.253 e. The van der Waals surface area contributed by atoms with Crippen LogP contribution in [0.2, 0.25) is 0 Å². The summed E-state index contributed by atoms with van der Waals surface area (Å²) in [6, 6.07) is 7.01. The second kappa shape index (κ2) is 6.38. The Morgan fingerprint density at radius 2 is 1.81 bits per heavy atom. The molecule has 3 nitrogen and oxygen atoms in total. The van der Waals surface area contributed by atoms with Crippen molar-refractivity contribution in [2.45, 2.75) is 13.8 Å². The Bertz CT molecular complexity index is 335. The number of nitrogens with two attached hydrogens (primary N) is 1. The number of nitrogen functional groups attached to an aromatic ring is 1. The van der Waals surface area contributed by atoms with E-state index in [1.807, 2.05) is 7.05 Å². The molecule has 1 aromatic carbocycles. The van der Waals surface area contributed by atoms with Gasteiger partial charge in [0, 0.05) is 24.8 Å². The minimum Gasteiger partial charge on any atom is -0.399 e. The highest BCUT2D eigenvalue weighted by molar-refractivity contribution is 5.94. The van der Waals surface area contributed by atoms with E-state index in [9.17, 15) is 4.79 Å². The Morgan fingerprint density at radius 3 is 2.25 bits per heavy atom. The van der Waals surface area contributed by atoms with E-state index in [2.05, 4.69) is 13.8 Å². The molecule has 90 valence electrons. The van der Waals surface area contributed by atoms with E-state index < -0.39 is 0 Å². The molecule has 0 aromatic heterocycles. The molecule has 0 bridgehead atoms. The molecule has 1 amide bonds. The van der Waals surface area contributed by atoms with Crippen LogP contribution < -0.4 is 5.73 Å². The quantitative estimate of drug-likeness (QED) is 0.828. The van der Waals surface area contributed by atoms with Crippen LogP contribution >= 0.6 is 12.4 Å². The number of carbonyl (C=O) groups is 1. The first-order chi connectivity index (χ1) is 7.00. The molecule has 0 aliphatic carbocycles. The van der Waals surface area contributed by atoms with E-state index in [0.29, 0.717) is 17.2 Å². The van der Waals surface area contributed by atoms with Gasteiger partial charge in [-0.1, -0.05) is 13.8 Å². The summed E-state index contributed by atoms with van der Waals surface area (Å²) in [5, 5.41) is 0. The molecule has 0 radical (unpaired) electrons. The van der Waals surface area contributed by atoms with Crippen LogP contribution in [0, 0.1) is 5.92 Å². The number of amides is 1. The molecule has 1 aromatic rings. The largest absolute Gasteiger partial charge is 0.399 e. The Kier molecular flexibility index (Phi) is 5.89. The Hall–Kier alpha value is -1.22. The zero-order chi connectivity index (χ0) is 11.4. The molecule has 0 unspecified atom stereocenters. The molecule has 1 rings (SSSR count). The SMILES string of the molecule is CC(C)CN(C)C(=O)c1ccc(N)cc1.Cl. The third-order valence-electron chi connectivity index (χ3n) is 2.14. The summed E-state index contributed by atoms with van der Waals surface area (Å²) >= 11 is 0. The number of halogens is 1. The van der Waals surface area contributed by atoms with Gasteiger partial charge in [-0.25, -0.2) is 0 Å². The van der Waals surface area contributed by atoms with Gasteiger partial charge in [-0.15, -0.1) is 12.4 Å². The molecule has 0 saturated carbocycles. The van der Waals surface area contributed by atoms with Crippen molar-refractivity contribution in [1.82, 2.24) is 4.90 Å². The van der Waals surface area contributed by atoms with Gasteiger partial charge >= 0.3 is 0 Å². The van der Waals surface area contributed by atoms with Gasteiger partial charge in [0.2, 0.25) is 0 Å². The summed E-state index contributed by atoms with van der Waals surface area (Å²) in [6.07, 6.45) is 0. The van der Waals surface area contributed by atoms with E-state index in [4.69, 9.17) is 5.73 Å². The summed E-state index contributed by atoms with van der Waals surface area (Å²) in [5.41, 5.74) is 6.92. The maximum atomic E-state index is 11.9. The number of carbonyl (C=O) groups excluding carboxylic acids is 1. The average molecular weight is 243 g/mol. The van der Waals surface area contributed by atoms with Crippen LogP contribution in [-0.2, 0) is 0 Å². The number of benzene rings is 1. The highest BCUT2D eigenvalue weighted by Gasteiger charge is 2.11. The lowest BCUT2D eigenvalue weighted by Crippen LogP contribution is -2.30. The second-order valence-corrected chi connectivity index (χ2v) is 4.20. The van der Waals surface area contributed by atoms with E-state index in [1.165, 1.54) is 0 Å². The molecular weight excluding hydrogens is 224 g/mol. The third-order valence-corrected chi connectivity index (χ3v) is 2.14. The minimum atomic E-state index is 0. The van der Waals surface area contributed by atoms with E-state index in [1.54, 1.807) is 29.2 Å². The molecule has 16 heavy (non-hydrogen) atoms. The number of anilines is 1. The van der Waals surface area contributed by atoms with E-state index in [0.717, 1.165) is 6.54 Å². The molecule has 0 heterocycles. The van der Waals surface area contributed by atoms with Gasteiger partial charge in [-0.2, -0.15) is 0 Å². The van der Waals surface area contributed by atoms with Gasteiger partial charge in [0.15, 0.2) is 0 Å². The number of rotatable bonds is 3. The highest BCUT2D eigenvalue weighted by Crippen LogP contribution is 2.08. The Balaban J connectivity index is 0.00000225. The standard InChI is InChI=1S/C12H18N2O.ClH/c1-9(2)8-14(3)12(15)10-4-6-11(13)7-5-10;/h4-7,9H,8,13H2,1-3H3;1H. The zero-order valence-electron chi connectivity index (χ0n) is 9.93. The molecule has 0 spiro atoms. The third kappa shape index (κ3) is 4.11. The fourth-order valence-corrected chi connectivity index (χ4v) is 1.48. The van der Waals surface area contributed by atoms with Crippen LogP contribution in [0.25, 0.3) is 0 Å². The minimum absolute atomic E-state index is 0. The first kappa shape index (κ1) is 14.8.